The molecule has 0 bridgehead atoms. The van der Waals surface area contributed by atoms with E-state index in [4.69, 9.17) is 0 Å². The molecule has 2 aromatic carbocycles. The maximum atomic E-state index is 13.1. The Morgan fingerprint density at radius 3 is 2.58 bits per heavy atom. The van der Waals surface area contributed by atoms with Crippen molar-refractivity contribution >= 4 is 22.3 Å². The lowest BCUT2D eigenvalue weighted by Crippen LogP contribution is -3.14. The van der Waals surface area contributed by atoms with Crippen LogP contribution in [0.3, 0.4) is 0 Å². The van der Waals surface area contributed by atoms with E-state index in [0.717, 1.165) is 42.8 Å². The molecule has 1 fully saturated rings. The number of nitro groups is 1. The molecule has 1 saturated heterocycles. The number of halogens is 1. The molecular formula is C18H19FN5O2+. The van der Waals surface area contributed by atoms with Crippen LogP contribution in [0.15, 0.2) is 48.7 Å². The van der Waals surface area contributed by atoms with Crippen molar-refractivity contribution < 1.29 is 14.2 Å². The van der Waals surface area contributed by atoms with Crippen LogP contribution in [0.4, 0.5) is 15.8 Å². The van der Waals surface area contributed by atoms with Gasteiger partial charge in [-0.1, -0.05) is 0 Å². The fourth-order valence-corrected chi connectivity index (χ4v) is 3.40. The summed E-state index contributed by atoms with van der Waals surface area (Å²) in [5.41, 5.74) is 1.90. The highest BCUT2D eigenvalue weighted by Gasteiger charge is 2.21. The molecule has 0 aliphatic carbocycles. The molecular weight excluding hydrogens is 337 g/mol. The topological polar surface area (TPSA) is 68.6 Å². The Labute approximate surface area is 149 Å². The second-order valence-corrected chi connectivity index (χ2v) is 6.52. The first kappa shape index (κ1) is 16.5. The number of hydrogen-bond acceptors (Lipinski definition) is 4. The molecule has 26 heavy (non-hydrogen) atoms. The molecule has 2 heterocycles. The second kappa shape index (κ2) is 6.72. The third kappa shape index (κ3) is 3.23. The van der Waals surface area contributed by atoms with Crippen molar-refractivity contribution in [3.8, 4) is 0 Å². The number of piperazine rings is 1. The van der Waals surface area contributed by atoms with Crippen molar-refractivity contribution in [2.45, 2.75) is 6.67 Å². The molecule has 0 spiro atoms. The minimum absolute atomic E-state index is 0.0791. The SMILES string of the molecule is O=[N+]([O-])c1ccc2cnn(C[NH+]3CCN(c4ccc(F)cc4)CC3)c2c1. The fraction of sp³-hybridized carbons (Fsp3) is 0.278. The van der Waals surface area contributed by atoms with Gasteiger partial charge in [0.2, 0.25) is 0 Å². The Hall–Kier alpha value is -3.00. The average molecular weight is 356 g/mol. The van der Waals surface area contributed by atoms with Crippen LogP contribution in [0, 0.1) is 15.9 Å². The Kier molecular flexibility index (Phi) is 4.26. The smallest absolute Gasteiger partial charge is 0.271 e. The number of non-ortho nitro benzene ring substituents is 1. The van der Waals surface area contributed by atoms with Gasteiger partial charge >= 0.3 is 0 Å². The highest BCUT2D eigenvalue weighted by Crippen LogP contribution is 2.20. The molecule has 134 valence electrons. The number of hydrogen-bond donors (Lipinski definition) is 1. The summed E-state index contributed by atoms with van der Waals surface area (Å²) in [5.74, 6) is -0.224. The summed E-state index contributed by atoms with van der Waals surface area (Å²) in [4.78, 5) is 14.2. The van der Waals surface area contributed by atoms with Crippen LogP contribution in [-0.4, -0.2) is 40.9 Å². The number of benzene rings is 2. The van der Waals surface area contributed by atoms with Gasteiger partial charge in [-0.15, -0.1) is 0 Å². The third-order valence-corrected chi connectivity index (χ3v) is 4.87. The summed E-state index contributed by atoms with van der Waals surface area (Å²) in [6, 6.07) is 11.4. The molecule has 1 aliphatic rings. The van der Waals surface area contributed by atoms with Crippen molar-refractivity contribution in [1.82, 2.24) is 9.78 Å². The van der Waals surface area contributed by atoms with Crippen LogP contribution < -0.4 is 9.80 Å². The van der Waals surface area contributed by atoms with Crippen LogP contribution in [0.25, 0.3) is 10.9 Å². The molecule has 0 saturated carbocycles. The quantitative estimate of drug-likeness (QED) is 0.567. The first-order valence-corrected chi connectivity index (χ1v) is 8.54. The van der Waals surface area contributed by atoms with Gasteiger partial charge in [0, 0.05) is 23.2 Å². The number of nitrogens with zero attached hydrogens (tertiary/aromatic N) is 4. The first-order chi connectivity index (χ1) is 12.6. The lowest BCUT2D eigenvalue weighted by molar-refractivity contribution is -0.923. The van der Waals surface area contributed by atoms with E-state index in [2.05, 4.69) is 10.00 Å². The summed E-state index contributed by atoms with van der Waals surface area (Å²) in [7, 11) is 0. The molecule has 0 unspecified atom stereocenters. The maximum Gasteiger partial charge on any atom is 0.271 e. The van der Waals surface area contributed by atoms with Gasteiger partial charge in [0.15, 0.2) is 6.67 Å². The Bertz CT molecular complexity index is 932. The molecule has 1 N–H and O–H groups in total. The van der Waals surface area contributed by atoms with Gasteiger partial charge in [-0.25, -0.2) is 9.07 Å². The minimum atomic E-state index is -0.384. The number of fused-ring (bicyclic) bond motifs is 1. The van der Waals surface area contributed by atoms with Crippen LogP contribution in [0.5, 0.6) is 0 Å². The molecule has 1 aliphatic heterocycles. The number of aromatic nitrogens is 2. The number of anilines is 1. The molecule has 3 aromatic rings. The van der Waals surface area contributed by atoms with Crippen molar-refractivity contribution in [3.05, 3.63) is 64.6 Å². The van der Waals surface area contributed by atoms with Gasteiger partial charge in [0.05, 0.1) is 42.8 Å². The molecule has 8 heteroatoms. The Balaban J connectivity index is 1.44. The van der Waals surface area contributed by atoms with Gasteiger partial charge in [-0.2, -0.15) is 5.10 Å². The van der Waals surface area contributed by atoms with E-state index in [9.17, 15) is 14.5 Å². The van der Waals surface area contributed by atoms with E-state index >= 15 is 0 Å². The summed E-state index contributed by atoms with van der Waals surface area (Å²) in [5, 5.41) is 16.3. The molecule has 1 aromatic heterocycles. The third-order valence-electron chi connectivity index (χ3n) is 4.87. The number of quaternary nitrogens is 1. The van der Waals surface area contributed by atoms with Crippen LogP contribution >= 0.6 is 0 Å². The Morgan fingerprint density at radius 2 is 1.88 bits per heavy atom. The number of nitro benzene ring substituents is 1. The minimum Gasteiger partial charge on any atom is -0.360 e. The number of nitrogens with one attached hydrogen (secondary N) is 1. The molecule has 7 nitrogen and oxygen atoms in total. The first-order valence-electron chi connectivity index (χ1n) is 8.54. The summed E-state index contributed by atoms with van der Waals surface area (Å²) in [6.45, 7) is 4.27. The predicted octanol–water partition coefficient (Wildman–Crippen LogP) is 1.45. The zero-order valence-corrected chi connectivity index (χ0v) is 14.1. The zero-order chi connectivity index (χ0) is 18.1. The van der Waals surface area contributed by atoms with Gasteiger partial charge in [-0.05, 0) is 30.3 Å². The molecule has 0 radical (unpaired) electrons. The fourth-order valence-electron chi connectivity index (χ4n) is 3.40. The maximum absolute atomic E-state index is 13.1. The van der Waals surface area contributed by atoms with E-state index in [0.29, 0.717) is 6.67 Å². The van der Waals surface area contributed by atoms with Crippen molar-refractivity contribution in [1.29, 1.82) is 0 Å². The van der Waals surface area contributed by atoms with Crippen molar-refractivity contribution in [2.75, 3.05) is 31.1 Å². The van der Waals surface area contributed by atoms with Crippen molar-refractivity contribution in [3.63, 3.8) is 0 Å². The van der Waals surface area contributed by atoms with Crippen LogP contribution in [0.2, 0.25) is 0 Å². The lowest BCUT2D eigenvalue weighted by Gasteiger charge is -2.33. The van der Waals surface area contributed by atoms with E-state index in [1.54, 1.807) is 30.5 Å². The van der Waals surface area contributed by atoms with Gasteiger partial charge < -0.3 is 9.80 Å². The van der Waals surface area contributed by atoms with E-state index in [-0.39, 0.29) is 16.4 Å². The normalized spacial score (nSPS) is 15.5. The zero-order valence-electron chi connectivity index (χ0n) is 14.1. The van der Waals surface area contributed by atoms with Gasteiger partial charge in [-0.3, -0.25) is 10.1 Å². The van der Waals surface area contributed by atoms with Crippen LogP contribution in [0.1, 0.15) is 0 Å². The summed E-state index contributed by atoms with van der Waals surface area (Å²) >= 11 is 0. The summed E-state index contributed by atoms with van der Waals surface area (Å²) < 4.78 is 14.9. The van der Waals surface area contributed by atoms with E-state index in [1.165, 1.54) is 23.1 Å². The molecule has 0 amide bonds. The number of rotatable bonds is 4. The monoisotopic (exact) mass is 356 g/mol. The largest absolute Gasteiger partial charge is 0.360 e. The highest BCUT2D eigenvalue weighted by molar-refractivity contribution is 5.80. The standard InChI is InChI=1S/C18H18FN5O2/c19-15-2-5-16(6-3-15)22-9-7-21(8-10-22)13-23-18-11-17(24(25)26)4-1-14(18)12-20-23/h1-6,11-12H,7-10,13H2/p+1. The average Bonchev–Trinajstić information content (AvgIpc) is 3.05. The predicted molar refractivity (Wildman–Crippen MR) is 95.7 cm³/mol. The lowest BCUT2D eigenvalue weighted by atomic mass is 10.2. The highest BCUT2D eigenvalue weighted by atomic mass is 19.1. The molecule has 0 atom stereocenters. The molecule has 4 rings (SSSR count). The van der Waals surface area contributed by atoms with Gasteiger partial charge in [0.25, 0.3) is 5.69 Å². The van der Waals surface area contributed by atoms with E-state index < -0.39 is 0 Å². The van der Waals surface area contributed by atoms with Crippen molar-refractivity contribution in [2.24, 2.45) is 0 Å². The van der Waals surface area contributed by atoms with Crippen LogP contribution in [-0.2, 0) is 6.67 Å². The second-order valence-electron chi connectivity index (χ2n) is 6.52. The van der Waals surface area contributed by atoms with Gasteiger partial charge in [0.1, 0.15) is 5.82 Å². The summed E-state index contributed by atoms with van der Waals surface area (Å²) in [6.07, 6.45) is 1.74. The van der Waals surface area contributed by atoms with E-state index in [1.807, 2.05) is 4.68 Å². The Morgan fingerprint density at radius 1 is 1.15 bits per heavy atom.